The van der Waals surface area contributed by atoms with Gasteiger partial charge in [0, 0.05) is 0 Å². The number of carbonyl (C=O) groups is 2. The minimum Gasteiger partial charge on any atom is -0.350 e. The summed E-state index contributed by atoms with van der Waals surface area (Å²) in [6.07, 6.45) is 8.92. The number of hydrogen-bond donors (Lipinski definition) is 2. The van der Waals surface area contributed by atoms with Gasteiger partial charge in [-0.3, -0.25) is 14.8 Å². The molecule has 2 aliphatic carbocycles. The Kier molecular flexibility index (Phi) is 7.77. The number of nitrogens with one attached hydrogen (secondary N) is 1. The number of hydroxylamine groups is 2. The van der Waals surface area contributed by atoms with Crippen molar-refractivity contribution in [2.24, 2.45) is 17.8 Å². The van der Waals surface area contributed by atoms with Gasteiger partial charge in [0.1, 0.15) is 5.69 Å². The summed E-state index contributed by atoms with van der Waals surface area (Å²) in [7, 11) is 0. The molecule has 1 aromatic rings. The maximum Gasteiger partial charge on any atom is 0.233 e. The molecule has 0 aromatic carbocycles. The maximum atomic E-state index is 14.7. The number of nitrogens with zero attached hydrogens (tertiary/aromatic N) is 3. The summed E-state index contributed by atoms with van der Waals surface area (Å²) < 4.78 is 14.7. The van der Waals surface area contributed by atoms with Gasteiger partial charge in [0.15, 0.2) is 5.82 Å². The first-order valence-electron chi connectivity index (χ1n) is 10.4. The molecule has 160 valence electrons. The van der Waals surface area contributed by atoms with Crippen LogP contribution in [0, 0.1) is 23.6 Å². The van der Waals surface area contributed by atoms with Crippen LogP contribution < -0.4 is 5.32 Å². The minimum absolute atomic E-state index is 0.0357. The Morgan fingerprint density at radius 1 is 1.24 bits per heavy atom. The normalized spacial score (nSPS) is 17.9. The maximum absolute atomic E-state index is 14.7. The highest BCUT2D eigenvalue weighted by Gasteiger charge is 2.27. The number of aromatic nitrogens is 2. The molecule has 0 aliphatic heterocycles. The third-order valence-corrected chi connectivity index (χ3v) is 6.04. The molecule has 1 heterocycles. The molecular weight excluding hydrogens is 399 g/mol. The largest absolute Gasteiger partial charge is 0.350 e. The molecule has 2 fully saturated rings. The topological polar surface area (TPSA) is 95.4 Å². The fourth-order valence-electron chi connectivity index (χ4n) is 4.04. The van der Waals surface area contributed by atoms with E-state index in [1.807, 2.05) is 0 Å². The van der Waals surface area contributed by atoms with Gasteiger partial charge in [-0.1, -0.05) is 38.5 Å². The van der Waals surface area contributed by atoms with Crippen molar-refractivity contribution in [3.05, 3.63) is 22.5 Å². The van der Waals surface area contributed by atoms with E-state index in [0.717, 1.165) is 32.1 Å². The molecule has 2 saturated carbocycles. The van der Waals surface area contributed by atoms with Crippen LogP contribution in [0.15, 0.2) is 0 Å². The molecule has 2 N–H and O–H groups in total. The molecule has 1 atom stereocenters. The molecule has 0 spiro atoms. The third-order valence-electron chi connectivity index (χ3n) is 5.87. The van der Waals surface area contributed by atoms with Gasteiger partial charge >= 0.3 is 0 Å². The van der Waals surface area contributed by atoms with Crippen LogP contribution in [0.4, 0.5) is 4.39 Å². The van der Waals surface area contributed by atoms with Crippen molar-refractivity contribution in [2.45, 2.75) is 64.3 Å². The van der Waals surface area contributed by atoms with Gasteiger partial charge in [0.25, 0.3) is 0 Å². The molecule has 1 aromatic heterocycles. The summed E-state index contributed by atoms with van der Waals surface area (Å²) in [5.74, 6) is -0.402. The third kappa shape index (κ3) is 6.60. The molecule has 7 nitrogen and oxygen atoms in total. The van der Waals surface area contributed by atoms with Crippen LogP contribution in [0.3, 0.4) is 0 Å². The molecule has 2 aliphatic rings. The second kappa shape index (κ2) is 10.3. The summed E-state index contributed by atoms with van der Waals surface area (Å²) in [5, 5.41) is 12.7. The zero-order valence-corrected chi connectivity index (χ0v) is 17.2. The highest BCUT2D eigenvalue weighted by Crippen LogP contribution is 2.34. The zero-order valence-electron chi connectivity index (χ0n) is 16.4. The van der Waals surface area contributed by atoms with Crippen molar-refractivity contribution in [1.29, 1.82) is 0 Å². The Morgan fingerprint density at radius 3 is 2.59 bits per heavy atom. The average molecular weight is 427 g/mol. The van der Waals surface area contributed by atoms with Gasteiger partial charge in [-0.2, -0.15) is 0 Å². The molecular formula is C20H28ClFN4O3. The van der Waals surface area contributed by atoms with Crippen LogP contribution in [0.1, 0.15) is 62.8 Å². The van der Waals surface area contributed by atoms with Crippen molar-refractivity contribution >= 4 is 23.9 Å². The molecule has 0 radical (unpaired) electrons. The molecule has 0 unspecified atom stereocenters. The summed E-state index contributed by atoms with van der Waals surface area (Å²) in [5.41, 5.74) is 0.339. The smallest absolute Gasteiger partial charge is 0.233 e. The first-order valence-corrected chi connectivity index (χ1v) is 10.7. The summed E-state index contributed by atoms with van der Waals surface area (Å²) >= 11 is 5.95. The minimum atomic E-state index is -0.567. The Hall–Kier alpha value is -1.80. The molecule has 0 bridgehead atoms. The SMILES string of the molecule is O=CN(O)C[C@@H](CC1CCCC1)C(=O)NCc1nc(Cl)nc(CCC2CC2)c1F. The van der Waals surface area contributed by atoms with Crippen LogP contribution in [0.25, 0.3) is 0 Å². The van der Waals surface area contributed by atoms with E-state index in [-0.39, 0.29) is 42.1 Å². The van der Waals surface area contributed by atoms with Gasteiger partial charge < -0.3 is 5.32 Å². The first kappa shape index (κ1) is 21.9. The lowest BCUT2D eigenvalue weighted by Gasteiger charge is -2.22. The number of amides is 2. The number of carbonyl (C=O) groups excluding carboxylic acids is 2. The quantitative estimate of drug-likeness (QED) is 0.245. The van der Waals surface area contributed by atoms with Crippen LogP contribution in [0.2, 0.25) is 5.28 Å². The van der Waals surface area contributed by atoms with Crippen LogP contribution >= 0.6 is 11.6 Å². The van der Waals surface area contributed by atoms with Gasteiger partial charge in [-0.15, -0.1) is 0 Å². The van der Waals surface area contributed by atoms with Gasteiger partial charge in [0.2, 0.25) is 17.6 Å². The lowest BCUT2D eigenvalue weighted by atomic mass is 9.92. The fourth-order valence-corrected chi connectivity index (χ4v) is 4.24. The standard InChI is InChI=1S/C20H28ClFN4O3/c21-20-24-16(8-7-13-5-6-13)18(22)17(25-20)10-23-19(28)15(11-26(29)12-27)9-14-3-1-2-4-14/h12-15,29H,1-11H2,(H,23,28)/t15-/m1/s1. The lowest BCUT2D eigenvalue weighted by Crippen LogP contribution is -2.38. The average Bonchev–Trinajstić information content (AvgIpc) is 3.40. The Bertz CT molecular complexity index is 726. The van der Waals surface area contributed by atoms with E-state index in [1.165, 1.54) is 12.8 Å². The monoisotopic (exact) mass is 426 g/mol. The van der Waals surface area contributed by atoms with E-state index in [9.17, 15) is 19.2 Å². The highest BCUT2D eigenvalue weighted by atomic mass is 35.5. The molecule has 9 heteroatoms. The number of aryl methyl sites for hydroxylation is 1. The van der Waals surface area contributed by atoms with Crippen LogP contribution in [0.5, 0.6) is 0 Å². The number of hydrogen-bond acceptors (Lipinski definition) is 5. The van der Waals surface area contributed by atoms with E-state index in [0.29, 0.717) is 29.7 Å². The highest BCUT2D eigenvalue weighted by molar-refractivity contribution is 6.28. The molecule has 0 saturated heterocycles. The van der Waals surface area contributed by atoms with Gasteiger partial charge in [-0.25, -0.2) is 19.4 Å². The van der Waals surface area contributed by atoms with Gasteiger partial charge in [-0.05, 0) is 42.7 Å². The second-order valence-electron chi connectivity index (χ2n) is 8.21. The van der Waals surface area contributed by atoms with E-state index >= 15 is 0 Å². The fraction of sp³-hybridized carbons (Fsp3) is 0.700. The van der Waals surface area contributed by atoms with Crippen molar-refractivity contribution in [3.63, 3.8) is 0 Å². The van der Waals surface area contributed by atoms with Crippen molar-refractivity contribution < 1.29 is 19.2 Å². The van der Waals surface area contributed by atoms with Crippen molar-refractivity contribution in [2.75, 3.05) is 6.54 Å². The molecule has 2 amide bonds. The summed E-state index contributed by atoms with van der Waals surface area (Å²) in [6.45, 7) is -0.206. The predicted octanol–water partition coefficient (Wildman–Crippen LogP) is 3.27. The van der Waals surface area contributed by atoms with Crippen molar-refractivity contribution in [3.8, 4) is 0 Å². The molecule has 3 rings (SSSR count). The summed E-state index contributed by atoms with van der Waals surface area (Å²) in [4.78, 5) is 31.4. The van der Waals surface area contributed by atoms with Crippen LogP contribution in [-0.4, -0.2) is 39.1 Å². The Balaban J connectivity index is 1.62. The van der Waals surface area contributed by atoms with E-state index in [1.54, 1.807) is 0 Å². The van der Waals surface area contributed by atoms with Crippen LogP contribution in [-0.2, 0) is 22.6 Å². The number of halogens is 2. The Labute approximate surface area is 175 Å². The Morgan fingerprint density at radius 2 is 1.93 bits per heavy atom. The zero-order chi connectivity index (χ0) is 20.8. The van der Waals surface area contributed by atoms with E-state index < -0.39 is 11.7 Å². The van der Waals surface area contributed by atoms with E-state index in [2.05, 4.69) is 15.3 Å². The number of rotatable bonds is 11. The molecule has 29 heavy (non-hydrogen) atoms. The second-order valence-corrected chi connectivity index (χ2v) is 8.55. The lowest BCUT2D eigenvalue weighted by molar-refractivity contribution is -0.155. The first-order chi connectivity index (χ1) is 14.0. The summed E-state index contributed by atoms with van der Waals surface area (Å²) in [6, 6.07) is 0. The van der Waals surface area contributed by atoms with E-state index in [4.69, 9.17) is 11.6 Å². The van der Waals surface area contributed by atoms with Crippen molar-refractivity contribution in [1.82, 2.24) is 20.3 Å². The predicted molar refractivity (Wildman–Crippen MR) is 105 cm³/mol. The van der Waals surface area contributed by atoms with Gasteiger partial charge in [0.05, 0.1) is 24.7 Å².